The number of hydrogen-bond acceptors (Lipinski definition) is 3. The lowest BCUT2D eigenvalue weighted by Gasteiger charge is -2.10. The summed E-state index contributed by atoms with van der Waals surface area (Å²) < 4.78 is 5.94. The van der Waals surface area contributed by atoms with E-state index in [-0.39, 0.29) is 6.61 Å². The van der Waals surface area contributed by atoms with Crippen LogP contribution in [0.4, 0.5) is 0 Å². The van der Waals surface area contributed by atoms with Crippen LogP contribution in [0.15, 0.2) is 54.7 Å². The minimum Gasteiger partial charge on any atom is -0.438 e. The summed E-state index contributed by atoms with van der Waals surface area (Å²) in [5.41, 5.74) is 2.03. The molecule has 0 fully saturated rings. The van der Waals surface area contributed by atoms with Crippen LogP contribution in [-0.4, -0.2) is 10.1 Å². The number of ether oxygens (including phenoxy) is 1. The SMILES string of the molecule is CCc1cccc(Oc2ncc(CO)c3ccccc23)c1. The Morgan fingerprint density at radius 1 is 1.05 bits per heavy atom. The molecule has 0 saturated heterocycles. The molecule has 1 N–H and O–H groups in total. The first-order chi connectivity index (χ1) is 10.3. The van der Waals surface area contributed by atoms with E-state index in [1.165, 1.54) is 5.56 Å². The molecule has 2 aromatic carbocycles. The Kier molecular flexibility index (Phi) is 3.84. The third-order valence-electron chi connectivity index (χ3n) is 3.53. The van der Waals surface area contributed by atoms with Gasteiger partial charge < -0.3 is 9.84 Å². The van der Waals surface area contributed by atoms with Crippen LogP contribution in [0.5, 0.6) is 11.6 Å². The quantitative estimate of drug-likeness (QED) is 0.782. The fourth-order valence-corrected chi connectivity index (χ4v) is 2.37. The van der Waals surface area contributed by atoms with Crippen LogP contribution < -0.4 is 4.74 Å². The monoisotopic (exact) mass is 279 g/mol. The molecule has 3 heteroatoms. The number of hydrogen-bond donors (Lipinski definition) is 1. The van der Waals surface area contributed by atoms with E-state index in [4.69, 9.17) is 4.74 Å². The van der Waals surface area contributed by atoms with Crippen LogP contribution in [0.2, 0.25) is 0 Å². The highest BCUT2D eigenvalue weighted by atomic mass is 16.5. The number of aryl methyl sites for hydroxylation is 1. The molecular formula is C18H17NO2. The van der Waals surface area contributed by atoms with Crippen molar-refractivity contribution in [2.24, 2.45) is 0 Å². The van der Waals surface area contributed by atoms with Gasteiger partial charge in [0.2, 0.25) is 5.88 Å². The van der Waals surface area contributed by atoms with Gasteiger partial charge in [0.25, 0.3) is 0 Å². The predicted molar refractivity (Wildman–Crippen MR) is 83.6 cm³/mol. The maximum absolute atomic E-state index is 9.40. The van der Waals surface area contributed by atoms with Gasteiger partial charge in [0.05, 0.1) is 6.61 Å². The molecule has 0 saturated carbocycles. The van der Waals surface area contributed by atoms with Crippen molar-refractivity contribution < 1.29 is 9.84 Å². The molecule has 0 radical (unpaired) electrons. The van der Waals surface area contributed by atoms with Crippen molar-refractivity contribution >= 4 is 10.8 Å². The van der Waals surface area contributed by atoms with E-state index in [0.717, 1.165) is 28.5 Å². The molecule has 3 aromatic rings. The van der Waals surface area contributed by atoms with Crippen LogP contribution in [0.25, 0.3) is 10.8 Å². The van der Waals surface area contributed by atoms with Crippen LogP contribution in [0, 0.1) is 0 Å². The molecule has 0 bridgehead atoms. The molecule has 0 spiro atoms. The number of aliphatic hydroxyl groups is 1. The summed E-state index contributed by atoms with van der Waals surface area (Å²) >= 11 is 0. The minimum absolute atomic E-state index is 0.0287. The molecule has 21 heavy (non-hydrogen) atoms. The first-order valence-electron chi connectivity index (χ1n) is 7.06. The number of aliphatic hydroxyl groups excluding tert-OH is 1. The zero-order valence-corrected chi connectivity index (χ0v) is 11.9. The van der Waals surface area contributed by atoms with Crippen molar-refractivity contribution in [1.29, 1.82) is 0 Å². The summed E-state index contributed by atoms with van der Waals surface area (Å²) in [6, 6.07) is 15.8. The zero-order chi connectivity index (χ0) is 14.7. The molecular weight excluding hydrogens is 262 g/mol. The lowest BCUT2D eigenvalue weighted by atomic mass is 10.1. The van der Waals surface area contributed by atoms with E-state index in [1.807, 2.05) is 42.5 Å². The second-order valence-corrected chi connectivity index (χ2v) is 4.90. The predicted octanol–water partition coefficient (Wildman–Crippen LogP) is 4.08. The van der Waals surface area contributed by atoms with Gasteiger partial charge in [0.1, 0.15) is 5.75 Å². The minimum atomic E-state index is -0.0287. The second-order valence-electron chi connectivity index (χ2n) is 4.90. The summed E-state index contributed by atoms with van der Waals surface area (Å²) in [6.07, 6.45) is 2.64. The number of benzene rings is 2. The van der Waals surface area contributed by atoms with Crippen LogP contribution in [0.1, 0.15) is 18.1 Å². The molecule has 1 heterocycles. The summed E-state index contributed by atoms with van der Waals surface area (Å²) in [7, 11) is 0. The molecule has 106 valence electrons. The molecule has 0 aliphatic rings. The highest BCUT2D eigenvalue weighted by Gasteiger charge is 2.08. The van der Waals surface area contributed by atoms with Gasteiger partial charge in [-0.05, 0) is 35.6 Å². The highest BCUT2D eigenvalue weighted by Crippen LogP contribution is 2.30. The molecule has 1 aromatic heterocycles. The van der Waals surface area contributed by atoms with E-state index < -0.39 is 0 Å². The molecule has 0 amide bonds. The number of fused-ring (bicyclic) bond motifs is 1. The van der Waals surface area contributed by atoms with Crippen molar-refractivity contribution in [3.05, 3.63) is 65.9 Å². The van der Waals surface area contributed by atoms with E-state index in [1.54, 1.807) is 6.20 Å². The summed E-state index contributed by atoms with van der Waals surface area (Å²) in [6.45, 7) is 2.09. The largest absolute Gasteiger partial charge is 0.438 e. The van der Waals surface area contributed by atoms with E-state index >= 15 is 0 Å². The number of pyridine rings is 1. The number of aromatic nitrogens is 1. The number of rotatable bonds is 4. The van der Waals surface area contributed by atoms with Crippen LogP contribution in [0.3, 0.4) is 0 Å². The third-order valence-corrected chi connectivity index (χ3v) is 3.53. The Morgan fingerprint density at radius 2 is 1.86 bits per heavy atom. The van der Waals surface area contributed by atoms with Crippen LogP contribution >= 0.6 is 0 Å². The van der Waals surface area contributed by atoms with E-state index in [0.29, 0.717) is 5.88 Å². The molecule has 0 aliphatic carbocycles. The molecule has 3 rings (SSSR count). The van der Waals surface area contributed by atoms with Gasteiger partial charge in [0, 0.05) is 17.1 Å². The van der Waals surface area contributed by atoms with E-state index in [2.05, 4.69) is 18.0 Å². The van der Waals surface area contributed by atoms with Gasteiger partial charge >= 0.3 is 0 Å². The first kappa shape index (κ1) is 13.6. The average molecular weight is 279 g/mol. The van der Waals surface area contributed by atoms with Crippen molar-refractivity contribution in [1.82, 2.24) is 4.98 Å². The van der Waals surface area contributed by atoms with Crippen molar-refractivity contribution in [3.63, 3.8) is 0 Å². The molecule has 0 unspecified atom stereocenters. The first-order valence-corrected chi connectivity index (χ1v) is 7.06. The van der Waals surface area contributed by atoms with E-state index in [9.17, 15) is 5.11 Å². The molecule has 0 aliphatic heterocycles. The summed E-state index contributed by atoms with van der Waals surface area (Å²) in [4.78, 5) is 4.35. The summed E-state index contributed by atoms with van der Waals surface area (Å²) in [5, 5.41) is 11.3. The Balaban J connectivity index is 2.04. The Labute approximate surface area is 123 Å². The normalized spacial score (nSPS) is 10.8. The Bertz CT molecular complexity index is 768. The van der Waals surface area contributed by atoms with Crippen LogP contribution in [-0.2, 0) is 13.0 Å². The Morgan fingerprint density at radius 3 is 2.62 bits per heavy atom. The van der Waals surface area contributed by atoms with Gasteiger partial charge in [-0.1, -0.05) is 37.3 Å². The molecule has 0 atom stereocenters. The lowest BCUT2D eigenvalue weighted by molar-refractivity contribution is 0.283. The molecule has 3 nitrogen and oxygen atoms in total. The van der Waals surface area contributed by atoms with Crippen molar-refractivity contribution in [3.8, 4) is 11.6 Å². The van der Waals surface area contributed by atoms with Gasteiger partial charge in [0.15, 0.2) is 0 Å². The summed E-state index contributed by atoms with van der Waals surface area (Å²) in [5.74, 6) is 1.35. The van der Waals surface area contributed by atoms with Gasteiger partial charge in [-0.3, -0.25) is 0 Å². The van der Waals surface area contributed by atoms with Gasteiger partial charge in [-0.15, -0.1) is 0 Å². The standard InChI is InChI=1S/C18H17NO2/c1-2-13-6-5-7-15(10-13)21-18-17-9-4-3-8-16(17)14(12-20)11-19-18/h3-11,20H,2,12H2,1H3. The third kappa shape index (κ3) is 2.73. The van der Waals surface area contributed by atoms with Gasteiger partial charge in [-0.2, -0.15) is 0 Å². The fraction of sp³-hybridized carbons (Fsp3) is 0.167. The van der Waals surface area contributed by atoms with Gasteiger partial charge in [-0.25, -0.2) is 4.98 Å². The maximum atomic E-state index is 9.40. The topological polar surface area (TPSA) is 42.4 Å². The fourth-order valence-electron chi connectivity index (χ4n) is 2.37. The van der Waals surface area contributed by atoms with Crippen molar-refractivity contribution in [2.45, 2.75) is 20.0 Å². The maximum Gasteiger partial charge on any atom is 0.227 e. The smallest absolute Gasteiger partial charge is 0.227 e. The Hall–Kier alpha value is -2.39. The van der Waals surface area contributed by atoms with Crippen molar-refractivity contribution in [2.75, 3.05) is 0 Å². The highest BCUT2D eigenvalue weighted by molar-refractivity contribution is 5.89. The number of nitrogens with zero attached hydrogens (tertiary/aromatic N) is 1. The second kappa shape index (κ2) is 5.94. The lowest BCUT2D eigenvalue weighted by Crippen LogP contribution is -1.94. The average Bonchev–Trinajstić information content (AvgIpc) is 2.55. The zero-order valence-electron chi connectivity index (χ0n) is 11.9.